The van der Waals surface area contributed by atoms with E-state index in [-0.39, 0.29) is 23.8 Å². The van der Waals surface area contributed by atoms with Crippen molar-refractivity contribution in [2.75, 3.05) is 55.3 Å². The van der Waals surface area contributed by atoms with Crippen molar-refractivity contribution in [1.29, 1.82) is 0 Å². The number of amides is 1. The number of carbonyl (C=O) groups excluding carboxylic acids is 2. The van der Waals surface area contributed by atoms with Crippen LogP contribution < -0.4 is 21.1 Å². The number of benzene rings is 1. The van der Waals surface area contributed by atoms with E-state index in [0.29, 0.717) is 73.7 Å². The van der Waals surface area contributed by atoms with Gasteiger partial charge in [0.2, 0.25) is 5.95 Å². The maximum absolute atomic E-state index is 13.2. The number of aromatic nitrogens is 2. The van der Waals surface area contributed by atoms with Crippen LogP contribution in [0.25, 0.3) is 0 Å². The lowest BCUT2D eigenvalue weighted by Crippen LogP contribution is -2.45. The van der Waals surface area contributed by atoms with Crippen molar-refractivity contribution in [3.8, 4) is 0 Å². The summed E-state index contributed by atoms with van der Waals surface area (Å²) in [4.78, 5) is 54.1. The van der Waals surface area contributed by atoms with Crippen LogP contribution in [0.4, 0.5) is 17.5 Å². The second-order valence-electron chi connectivity index (χ2n) is 12.6. The molecule has 3 N–H and O–H groups in total. The highest BCUT2D eigenvalue weighted by molar-refractivity contribution is 6.32. The number of ether oxygens (including phenoxy) is 1. The first kappa shape index (κ1) is 33.5. The number of hydrogen-bond acceptors (Lipinski definition) is 9. The van der Waals surface area contributed by atoms with Gasteiger partial charge in [0.05, 0.1) is 11.0 Å². The molecule has 0 spiro atoms. The third-order valence-corrected chi connectivity index (χ3v) is 9.94. The van der Waals surface area contributed by atoms with E-state index in [0.717, 1.165) is 48.9 Å². The fourth-order valence-corrected chi connectivity index (χ4v) is 7.15. The highest BCUT2D eigenvalue weighted by Crippen LogP contribution is 2.43. The number of anilines is 3. The molecule has 1 amide bonds. The van der Waals surface area contributed by atoms with Crippen molar-refractivity contribution in [3.63, 3.8) is 0 Å². The molecule has 1 aromatic heterocycles. The van der Waals surface area contributed by atoms with Gasteiger partial charge in [-0.25, -0.2) is 0 Å². The minimum atomic E-state index is -0.813. The first-order chi connectivity index (χ1) is 22.3. The summed E-state index contributed by atoms with van der Waals surface area (Å²) in [6.45, 7) is 9.03. The third kappa shape index (κ3) is 7.24. The fourth-order valence-electron chi connectivity index (χ4n) is 6.72. The molecule has 11 nitrogen and oxygen atoms in total. The van der Waals surface area contributed by atoms with Crippen LogP contribution in [0, 0.1) is 5.92 Å². The van der Waals surface area contributed by atoms with E-state index >= 15 is 0 Å². The molecule has 12 heteroatoms. The van der Waals surface area contributed by atoms with Crippen molar-refractivity contribution in [2.24, 2.45) is 10.9 Å². The van der Waals surface area contributed by atoms with Gasteiger partial charge in [-0.05, 0) is 68.9 Å². The number of rotatable bonds is 14. The average Bonchev–Trinajstić information content (AvgIpc) is 3.05. The number of hydrogen-bond donors (Lipinski definition) is 3. The maximum atomic E-state index is 13.2. The van der Waals surface area contributed by atoms with Gasteiger partial charge in [0.1, 0.15) is 25.0 Å². The van der Waals surface area contributed by atoms with Crippen LogP contribution in [0.1, 0.15) is 75.0 Å². The van der Waals surface area contributed by atoms with Crippen LogP contribution in [-0.4, -0.2) is 73.6 Å². The minimum absolute atomic E-state index is 0.116. The van der Waals surface area contributed by atoms with Gasteiger partial charge in [0.25, 0.3) is 11.5 Å². The molecule has 2 fully saturated rings. The Labute approximate surface area is 275 Å². The summed E-state index contributed by atoms with van der Waals surface area (Å²) < 4.78 is 5.84. The highest BCUT2D eigenvalue weighted by atomic mass is 35.5. The molecule has 1 aromatic carbocycles. The molecule has 0 bridgehead atoms. The third-order valence-electron chi connectivity index (χ3n) is 9.64. The normalized spacial score (nSPS) is 17.7. The highest BCUT2D eigenvalue weighted by Gasteiger charge is 2.40. The van der Waals surface area contributed by atoms with Crippen LogP contribution in [0.2, 0.25) is 5.02 Å². The van der Waals surface area contributed by atoms with E-state index in [4.69, 9.17) is 16.3 Å². The number of carbonyl (C=O) groups is 2. The van der Waals surface area contributed by atoms with E-state index in [1.54, 1.807) is 7.05 Å². The van der Waals surface area contributed by atoms with Crippen LogP contribution in [0.5, 0.6) is 0 Å². The van der Waals surface area contributed by atoms with Gasteiger partial charge in [0, 0.05) is 56.0 Å². The molecule has 248 valence electrons. The molecular formula is C34H46ClN7O4. The van der Waals surface area contributed by atoms with Gasteiger partial charge >= 0.3 is 0 Å². The summed E-state index contributed by atoms with van der Waals surface area (Å²) >= 11 is 6.90. The Kier molecular flexibility index (Phi) is 11.0. The van der Waals surface area contributed by atoms with Gasteiger partial charge < -0.3 is 30.0 Å². The van der Waals surface area contributed by atoms with E-state index in [2.05, 4.69) is 39.2 Å². The maximum Gasteiger partial charge on any atom is 0.275 e. The number of nitrogens with zero attached hydrogens (tertiary/aromatic N) is 4. The summed E-state index contributed by atoms with van der Waals surface area (Å²) in [5, 5.41) is 6.92. The van der Waals surface area contributed by atoms with E-state index < -0.39 is 5.41 Å². The molecule has 3 aliphatic rings. The Bertz CT molecular complexity index is 1510. The summed E-state index contributed by atoms with van der Waals surface area (Å²) in [6, 6.07) is 3.73. The Morgan fingerprint density at radius 3 is 2.72 bits per heavy atom. The van der Waals surface area contributed by atoms with Crippen LogP contribution >= 0.6 is 11.6 Å². The van der Waals surface area contributed by atoms with Gasteiger partial charge in [-0.15, -0.1) is 0 Å². The molecule has 2 aliphatic heterocycles. The van der Waals surface area contributed by atoms with Gasteiger partial charge in [-0.2, -0.15) is 4.98 Å². The number of aliphatic imine (C=N–C) groups is 1. The molecule has 0 unspecified atom stereocenters. The van der Waals surface area contributed by atoms with Crippen molar-refractivity contribution in [2.45, 2.75) is 76.7 Å². The first-order valence-electron chi connectivity index (χ1n) is 16.5. The summed E-state index contributed by atoms with van der Waals surface area (Å²) in [5.74, 6) is 1.70. The van der Waals surface area contributed by atoms with Crippen LogP contribution in [0.3, 0.4) is 0 Å². The van der Waals surface area contributed by atoms with Crippen LogP contribution in [0.15, 0.2) is 33.9 Å². The molecule has 3 heterocycles. The fraction of sp³-hybridized carbons (Fsp3) is 0.559. The number of aldehydes is 1. The zero-order chi connectivity index (χ0) is 32.7. The summed E-state index contributed by atoms with van der Waals surface area (Å²) in [5.41, 5.74) is 2.20. The number of nitrogens with one attached hydrogen (secondary N) is 3. The number of halogens is 1. The molecular weight excluding hydrogens is 606 g/mol. The van der Waals surface area contributed by atoms with Crippen molar-refractivity contribution in [3.05, 3.63) is 56.2 Å². The lowest BCUT2D eigenvalue weighted by atomic mass is 9.73. The van der Waals surface area contributed by atoms with Crippen molar-refractivity contribution < 1.29 is 14.3 Å². The monoisotopic (exact) mass is 651 g/mol. The molecule has 0 atom stereocenters. The predicted octanol–water partition coefficient (Wildman–Crippen LogP) is 5.05. The molecule has 1 aliphatic carbocycles. The van der Waals surface area contributed by atoms with E-state index in [1.807, 2.05) is 21.9 Å². The summed E-state index contributed by atoms with van der Waals surface area (Å²) in [7, 11) is 1.80. The molecule has 1 saturated carbocycles. The van der Waals surface area contributed by atoms with Gasteiger partial charge in [-0.1, -0.05) is 37.8 Å². The summed E-state index contributed by atoms with van der Waals surface area (Å²) in [6.07, 6.45) is 10.6. The molecule has 1 saturated heterocycles. The zero-order valence-electron chi connectivity index (χ0n) is 27.0. The standard InChI is InChI=1S/C34H46ClN7O4/c1-4-14-41(15-10-23-7-5-8-23)32(45)28(37-3)21-46-20-24-18-26(35)29(27(19-24)36-2)34(22-43)11-16-42(17-12-34)33-39-30-25(31(44)40-33)9-6-13-38-30/h18-19,21-23,36H,3-17,20H2,1-2H3,(H2,38,39,40,44)/b28-21-. The van der Waals surface area contributed by atoms with Crippen molar-refractivity contribution >= 4 is 48.0 Å². The smallest absolute Gasteiger partial charge is 0.275 e. The molecule has 5 rings (SSSR count). The van der Waals surface area contributed by atoms with Crippen LogP contribution in [-0.2, 0) is 32.8 Å². The first-order valence-corrected chi connectivity index (χ1v) is 16.9. The zero-order valence-corrected chi connectivity index (χ0v) is 27.8. The Morgan fingerprint density at radius 1 is 1.28 bits per heavy atom. The second kappa shape index (κ2) is 15.2. The average molecular weight is 652 g/mol. The minimum Gasteiger partial charge on any atom is -0.494 e. The Morgan fingerprint density at radius 2 is 2.07 bits per heavy atom. The van der Waals surface area contributed by atoms with E-state index in [9.17, 15) is 14.4 Å². The SMILES string of the molecule is C=N/C(=C\OCc1cc(Cl)c(C2(C=O)CCN(c3nc4c(c(=O)[nH]3)CCCN4)CC2)c(NC)c1)C(=O)N(CCC)CCC1CCC1. The van der Waals surface area contributed by atoms with Gasteiger partial charge in [-0.3, -0.25) is 19.6 Å². The lowest BCUT2D eigenvalue weighted by Gasteiger charge is -2.40. The van der Waals surface area contributed by atoms with Crippen molar-refractivity contribution in [1.82, 2.24) is 14.9 Å². The molecule has 2 aromatic rings. The number of H-pyrrole nitrogens is 1. The Balaban J connectivity index is 1.27. The number of piperidine rings is 1. The molecule has 46 heavy (non-hydrogen) atoms. The van der Waals surface area contributed by atoms with Gasteiger partial charge in [0.15, 0.2) is 5.70 Å². The quantitative estimate of drug-likeness (QED) is 0.112. The largest absolute Gasteiger partial charge is 0.494 e. The lowest BCUT2D eigenvalue weighted by molar-refractivity contribution is -0.127. The topological polar surface area (TPSA) is 132 Å². The number of fused-ring (bicyclic) bond motifs is 1. The predicted molar refractivity (Wildman–Crippen MR) is 183 cm³/mol. The molecule has 0 radical (unpaired) electrons. The second-order valence-corrected chi connectivity index (χ2v) is 13.0. The van der Waals surface area contributed by atoms with E-state index in [1.165, 1.54) is 25.5 Å². The Hall–Kier alpha value is -3.86. The number of aromatic amines is 1.